The number of rotatable bonds is 5. The Labute approximate surface area is 122 Å². The third-order valence-electron chi connectivity index (χ3n) is 4.31. The summed E-state index contributed by atoms with van der Waals surface area (Å²) in [5.41, 5.74) is 1.89. The summed E-state index contributed by atoms with van der Waals surface area (Å²) in [7, 11) is 0. The van der Waals surface area contributed by atoms with Gasteiger partial charge < -0.3 is 10.2 Å². The molecule has 0 spiro atoms. The summed E-state index contributed by atoms with van der Waals surface area (Å²) in [6.45, 7) is 9.15. The summed E-state index contributed by atoms with van der Waals surface area (Å²) in [4.78, 5) is 2.35. The van der Waals surface area contributed by atoms with Crippen molar-refractivity contribution in [2.24, 2.45) is 5.92 Å². The van der Waals surface area contributed by atoms with Gasteiger partial charge >= 0.3 is 0 Å². The summed E-state index contributed by atoms with van der Waals surface area (Å²) in [6, 6.07) is 5.83. The molecule has 3 heteroatoms. The summed E-state index contributed by atoms with van der Waals surface area (Å²) in [5.74, 6) is 0.755. The first-order chi connectivity index (χ1) is 9.61. The monoisotopic (exact) mass is 278 g/mol. The van der Waals surface area contributed by atoms with Gasteiger partial charge in [-0.1, -0.05) is 33.3 Å². The molecule has 0 aliphatic carbocycles. The van der Waals surface area contributed by atoms with Crippen molar-refractivity contribution in [2.75, 3.05) is 18.0 Å². The van der Waals surface area contributed by atoms with Crippen LogP contribution in [0.2, 0.25) is 0 Å². The molecule has 0 bridgehead atoms. The van der Waals surface area contributed by atoms with Gasteiger partial charge in [-0.25, -0.2) is 4.39 Å². The highest BCUT2D eigenvalue weighted by Gasteiger charge is 2.21. The Morgan fingerprint density at radius 2 is 2.00 bits per heavy atom. The minimum atomic E-state index is -0.0896. The van der Waals surface area contributed by atoms with E-state index in [1.165, 1.54) is 19.3 Å². The van der Waals surface area contributed by atoms with Gasteiger partial charge in [0.05, 0.1) is 0 Å². The van der Waals surface area contributed by atoms with Gasteiger partial charge in [-0.15, -0.1) is 0 Å². The van der Waals surface area contributed by atoms with Crippen LogP contribution in [-0.4, -0.2) is 19.1 Å². The van der Waals surface area contributed by atoms with E-state index in [0.29, 0.717) is 12.6 Å². The van der Waals surface area contributed by atoms with Crippen LogP contribution in [-0.2, 0) is 6.54 Å². The van der Waals surface area contributed by atoms with Crippen molar-refractivity contribution in [2.45, 2.75) is 52.6 Å². The lowest BCUT2D eigenvalue weighted by Gasteiger charge is -2.34. The van der Waals surface area contributed by atoms with E-state index in [4.69, 9.17) is 0 Å². The molecule has 0 unspecified atom stereocenters. The summed E-state index contributed by atoms with van der Waals surface area (Å²) in [5, 5.41) is 3.34. The molecule has 1 aliphatic rings. The number of hydrogen-bond acceptors (Lipinski definition) is 2. The van der Waals surface area contributed by atoms with Crippen LogP contribution in [0, 0.1) is 11.7 Å². The van der Waals surface area contributed by atoms with Gasteiger partial charge in [-0.2, -0.15) is 0 Å². The van der Waals surface area contributed by atoms with Gasteiger partial charge in [0.1, 0.15) is 5.82 Å². The summed E-state index contributed by atoms with van der Waals surface area (Å²) < 4.78 is 14.1. The van der Waals surface area contributed by atoms with Gasteiger partial charge in [-0.3, -0.25) is 0 Å². The first-order valence-electron chi connectivity index (χ1n) is 7.87. The topological polar surface area (TPSA) is 15.3 Å². The third-order valence-corrected chi connectivity index (χ3v) is 4.31. The SMILES string of the molecule is CCC1CCN(c2cccc(F)c2CNC(C)C)CC1. The predicted octanol–water partition coefficient (Wildman–Crippen LogP) is 3.95. The van der Waals surface area contributed by atoms with Crippen molar-refractivity contribution >= 4 is 5.69 Å². The normalized spacial score (nSPS) is 16.9. The number of hydrogen-bond donors (Lipinski definition) is 1. The van der Waals surface area contributed by atoms with Gasteiger partial charge in [0.2, 0.25) is 0 Å². The zero-order chi connectivity index (χ0) is 14.5. The Morgan fingerprint density at radius 1 is 1.30 bits per heavy atom. The van der Waals surface area contributed by atoms with Crippen molar-refractivity contribution in [1.29, 1.82) is 0 Å². The lowest BCUT2D eigenvalue weighted by molar-refractivity contribution is 0.394. The maximum absolute atomic E-state index is 14.1. The number of nitrogens with one attached hydrogen (secondary N) is 1. The maximum Gasteiger partial charge on any atom is 0.129 e. The van der Waals surface area contributed by atoms with Crippen LogP contribution in [0.25, 0.3) is 0 Å². The van der Waals surface area contributed by atoms with Crippen molar-refractivity contribution < 1.29 is 4.39 Å². The Balaban J connectivity index is 2.12. The van der Waals surface area contributed by atoms with Crippen LogP contribution in [0.3, 0.4) is 0 Å². The fraction of sp³-hybridized carbons (Fsp3) is 0.647. The molecule has 1 N–H and O–H groups in total. The maximum atomic E-state index is 14.1. The van der Waals surface area contributed by atoms with Gasteiger partial charge in [0.25, 0.3) is 0 Å². The molecule has 1 fully saturated rings. The predicted molar refractivity (Wildman–Crippen MR) is 83.6 cm³/mol. The van der Waals surface area contributed by atoms with E-state index in [0.717, 1.165) is 30.3 Å². The van der Waals surface area contributed by atoms with E-state index < -0.39 is 0 Å². The van der Waals surface area contributed by atoms with E-state index in [2.05, 4.69) is 37.1 Å². The average Bonchev–Trinajstić information content (AvgIpc) is 2.45. The molecule has 2 rings (SSSR count). The average molecular weight is 278 g/mol. The second-order valence-corrected chi connectivity index (χ2v) is 6.11. The highest BCUT2D eigenvalue weighted by molar-refractivity contribution is 5.54. The molecule has 0 saturated carbocycles. The summed E-state index contributed by atoms with van der Waals surface area (Å²) in [6.07, 6.45) is 3.72. The number of benzene rings is 1. The fourth-order valence-corrected chi connectivity index (χ4v) is 2.91. The quantitative estimate of drug-likeness (QED) is 0.877. The van der Waals surface area contributed by atoms with Crippen molar-refractivity contribution in [3.8, 4) is 0 Å². The van der Waals surface area contributed by atoms with Crippen LogP contribution in [0.15, 0.2) is 18.2 Å². The second-order valence-electron chi connectivity index (χ2n) is 6.11. The molecule has 1 saturated heterocycles. The third kappa shape index (κ3) is 3.72. The number of anilines is 1. The van der Waals surface area contributed by atoms with Gasteiger partial charge in [0.15, 0.2) is 0 Å². The van der Waals surface area contributed by atoms with Crippen molar-refractivity contribution in [3.63, 3.8) is 0 Å². The smallest absolute Gasteiger partial charge is 0.129 e. The van der Waals surface area contributed by atoms with Crippen LogP contribution < -0.4 is 10.2 Å². The Bertz CT molecular complexity index is 423. The largest absolute Gasteiger partial charge is 0.371 e. The number of nitrogens with zero attached hydrogens (tertiary/aromatic N) is 1. The second kappa shape index (κ2) is 7.07. The van der Waals surface area contributed by atoms with Crippen LogP contribution >= 0.6 is 0 Å². The van der Waals surface area contributed by atoms with Crippen LogP contribution in [0.4, 0.5) is 10.1 Å². The highest BCUT2D eigenvalue weighted by atomic mass is 19.1. The summed E-state index contributed by atoms with van der Waals surface area (Å²) >= 11 is 0. The molecule has 1 aromatic rings. The number of piperidine rings is 1. The van der Waals surface area contributed by atoms with E-state index >= 15 is 0 Å². The Morgan fingerprint density at radius 3 is 2.60 bits per heavy atom. The van der Waals surface area contributed by atoms with Gasteiger partial charge in [-0.05, 0) is 30.9 Å². The standard InChI is InChI=1S/C17H27FN2/c1-4-14-8-10-20(11-9-14)17-7-5-6-16(18)15(17)12-19-13(2)3/h5-7,13-14,19H,4,8-12H2,1-3H3. The molecule has 0 amide bonds. The molecule has 0 aromatic heterocycles. The van der Waals surface area contributed by atoms with E-state index in [9.17, 15) is 4.39 Å². The molecule has 0 atom stereocenters. The Kier molecular flexibility index (Phi) is 5.41. The first kappa shape index (κ1) is 15.3. The van der Waals surface area contributed by atoms with Crippen molar-refractivity contribution in [3.05, 3.63) is 29.6 Å². The van der Waals surface area contributed by atoms with Gasteiger partial charge in [0, 0.05) is 36.9 Å². The van der Waals surface area contributed by atoms with E-state index in [-0.39, 0.29) is 5.82 Å². The van der Waals surface area contributed by atoms with E-state index in [1.54, 1.807) is 6.07 Å². The minimum absolute atomic E-state index is 0.0896. The highest BCUT2D eigenvalue weighted by Crippen LogP contribution is 2.29. The molecule has 20 heavy (non-hydrogen) atoms. The zero-order valence-corrected chi connectivity index (χ0v) is 13.0. The first-order valence-corrected chi connectivity index (χ1v) is 7.87. The van der Waals surface area contributed by atoms with Crippen molar-refractivity contribution in [1.82, 2.24) is 5.32 Å². The molecule has 2 nitrogen and oxygen atoms in total. The molecule has 112 valence electrons. The number of halogens is 1. The van der Waals surface area contributed by atoms with Crippen LogP contribution in [0.5, 0.6) is 0 Å². The molecular weight excluding hydrogens is 251 g/mol. The minimum Gasteiger partial charge on any atom is -0.371 e. The fourth-order valence-electron chi connectivity index (χ4n) is 2.91. The molecule has 1 heterocycles. The Hall–Kier alpha value is -1.09. The lowest BCUT2D eigenvalue weighted by atomic mass is 9.93. The molecular formula is C17H27FN2. The molecule has 1 aliphatic heterocycles. The molecule has 1 aromatic carbocycles. The zero-order valence-electron chi connectivity index (χ0n) is 13.0. The lowest BCUT2D eigenvalue weighted by Crippen LogP contribution is -2.35. The van der Waals surface area contributed by atoms with E-state index in [1.807, 2.05) is 6.07 Å². The van der Waals surface area contributed by atoms with Crippen LogP contribution in [0.1, 0.15) is 45.6 Å². The molecule has 0 radical (unpaired) electrons.